The lowest BCUT2D eigenvalue weighted by atomic mass is 10.1. The molecule has 2 unspecified atom stereocenters. The van der Waals surface area contributed by atoms with Gasteiger partial charge in [-0.15, -0.1) is 0 Å². The van der Waals surface area contributed by atoms with Crippen LogP contribution in [-0.4, -0.2) is 37.0 Å². The summed E-state index contributed by atoms with van der Waals surface area (Å²) in [6.45, 7) is 4.29. The predicted octanol–water partition coefficient (Wildman–Crippen LogP) is 4.43. The van der Waals surface area contributed by atoms with Crippen LogP contribution in [0.3, 0.4) is 0 Å². The van der Waals surface area contributed by atoms with Gasteiger partial charge in [-0.3, -0.25) is 14.4 Å². The zero-order chi connectivity index (χ0) is 25.3. The van der Waals surface area contributed by atoms with Crippen LogP contribution in [0, 0.1) is 19.8 Å². The van der Waals surface area contributed by atoms with E-state index in [1.165, 1.54) is 11.0 Å². The number of nitrogens with one attached hydrogen (secondary N) is 2. The Morgan fingerprint density at radius 1 is 1.09 bits per heavy atom. The second-order valence-corrected chi connectivity index (χ2v) is 8.86. The number of carbonyl (C=O) groups excluding carboxylic acids is 3. The average Bonchev–Trinajstić information content (AvgIpc) is 3.46. The van der Waals surface area contributed by atoms with Crippen molar-refractivity contribution in [2.75, 3.05) is 28.7 Å². The van der Waals surface area contributed by atoms with Crippen molar-refractivity contribution < 1.29 is 32.3 Å². The van der Waals surface area contributed by atoms with Crippen LogP contribution >= 0.6 is 0 Å². The molecule has 0 aromatic heterocycles. The van der Waals surface area contributed by atoms with E-state index in [0.29, 0.717) is 25.1 Å². The lowest BCUT2D eigenvalue weighted by Gasteiger charge is -2.20. The standard InChI is InChI=1S/C25H26F3N3O4/c1-14-5-3-6-20(15(14)2)31-13-16(11-22(31)32)23(33)30-19-9-8-17(12-18(19)25(26,27)28)29-24(34)21-7-4-10-35-21/h3,5-6,8-9,12,16,21H,4,7,10-11,13H2,1-2H3,(H,29,34)(H,30,33). The molecule has 0 spiro atoms. The van der Waals surface area contributed by atoms with Gasteiger partial charge in [0.2, 0.25) is 11.8 Å². The quantitative estimate of drug-likeness (QED) is 0.651. The Hall–Kier alpha value is -3.40. The van der Waals surface area contributed by atoms with E-state index in [1.807, 2.05) is 26.0 Å². The molecule has 2 aromatic rings. The van der Waals surface area contributed by atoms with Crippen molar-refractivity contribution in [3.05, 3.63) is 53.1 Å². The molecule has 0 bridgehead atoms. The highest BCUT2D eigenvalue weighted by molar-refractivity contribution is 6.04. The van der Waals surface area contributed by atoms with E-state index in [9.17, 15) is 27.6 Å². The summed E-state index contributed by atoms with van der Waals surface area (Å²) in [5.41, 5.74) is 1.01. The summed E-state index contributed by atoms with van der Waals surface area (Å²) < 4.78 is 46.6. The molecule has 35 heavy (non-hydrogen) atoms. The Balaban J connectivity index is 1.50. The fourth-order valence-electron chi connectivity index (χ4n) is 4.35. The summed E-state index contributed by atoms with van der Waals surface area (Å²) in [4.78, 5) is 39.2. The van der Waals surface area contributed by atoms with Crippen LogP contribution in [0.25, 0.3) is 0 Å². The van der Waals surface area contributed by atoms with E-state index in [4.69, 9.17) is 4.74 Å². The van der Waals surface area contributed by atoms with Gasteiger partial charge in [-0.25, -0.2) is 0 Å². The molecule has 2 atom stereocenters. The zero-order valence-corrected chi connectivity index (χ0v) is 19.4. The second kappa shape index (κ2) is 9.69. The van der Waals surface area contributed by atoms with Gasteiger partial charge in [-0.2, -0.15) is 13.2 Å². The molecule has 0 radical (unpaired) electrons. The first-order valence-electron chi connectivity index (χ1n) is 11.4. The third-order valence-corrected chi connectivity index (χ3v) is 6.44. The van der Waals surface area contributed by atoms with E-state index in [1.54, 1.807) is 6.07 Å². The van der Waals surface area contributed by atoms with Crippen molar-refractivity contribution in [3.63, 3.8) is 0 Å². The number of amides is 3. The first kappa shape index (κ1) is 24.7. The molecule has 7 nitrogen and oxygen atoms in total. The van der Waals surface area contributed by atoms with Crippen LogP contribution < -0.4 is 15.5 Å². The first-order chi connectivity index (χ1) is 16.5. The van der Waals surface area contributed by atoms with E-state index < -0.39 is 41.3 Å². The van der Waals surface area contributed by atoms with Gasteiger partial charge in [0.15, 0.2) is 0 Å². The third kappa shape index (κ3) is 5.32. The molecule has 2 fully saturated rings. The summed E-state index contributed by atoms with van der Waals surface area (Å²) in [6, 6.07) is 8.68. The van der Waals surface area contributed by atoms with Gasteiger partial charge in [0.1, 0.15) is 6.10 Å². The average molecular weight is 489 g/mol. The van der Waals surface area contributed by atoms with E-state index in [0.717, 1.165) is 23.3 Å². The van der Waals surface area contributed by atoms with Crippen molar-refractivity contribution in [1.29, 1.82) is 0 Å². The smallest absolute Gasteiger partial charge is 0.368 e. The van der Waals surface area contributed by atoms with Gasteiger partial charge in [-0.05, 0) is 62.1 Å². The minimum atomic E-state index is -4.77. The van der Waals surface area contributed by atoms with Gasteiger partial charge >= 0.3 is 6.18 Å². The Kier molecular flexibility index (Phi) is 6.84. The molecule has 2 heterocycles. The van der Waals surface area contributed by atoms with Crippen LogP contribution in [0.2, 0.25) is 0 Å². The number of halogens is 3. The maximum atomic E-state index is 13.8. The summed E-state index contributed by atoms with van der Waals surface area (Å²) >= 11 is 0. The monoisotopic (exact) mass is 489 g/mol. The molecule has 2 aromatic carbocycles. The van der Waals surface area contributed by atoms with Crippen LogP contribution in [0.4, 0.5) is 30.2 Å². The number of hydrogen-bond donors (Lipinski definition) is 2. The summed E-state index contributed by atoms with van der Waals surface area (Å²) in [5.74, 6) is -2.25. The molecule has 0 saturated carbocycles. The number of benzene rings is 2. The Bertz CT molecular complexity index is 1160. The molecule has 2 aliphatic rings. The number of rotatable bonds is 5. The molecule has 10 heteroatoms. The lowest BCUT2D eigenvalue weighted by molar-refractivity contribution is -0.137. The van der Waals surface area contributed by atoms with Crippen molar-refractivity contribution in [2.45, 2.75) is 45.4 Å². The van der Waals surface area contributed by atoms with Gasteiger partial charge < -0.3 is 20.3 Å². The number of anilines is 3. The van der Waals surface area contributed by atoms with Gasteiger partial charge in [-0.1, -0.05) is 12.1 Å². The van der Waals surface area contributed by atoms with Crippen molar-refractivity contribution in [3.8, 4) is 0 Å². The van der Waals surface area contributed by atoms with Crippen molar-refractivity contribution in [2.24, 2.45) is 5.92 Å². The third-order valence-electron chi connectivity index (χ3n) is 6.44. The topological polar surface area (TPSA) is 87.7 Å². The number of nitrogens with zero attached hydrogens (tertiary/aromatic N) is 1. The number of ether oxygens (including phenoxy) is 1. The Morgan fingerprint density at radius 3 is 2.54 bits per heavy atom. The first-order valence-corrected chi connectivity index (χ1v) is 11.4. The summed E-state index contributed by atoms with van der Waals surface area (Å²) in [6.07, 6.45) is -4.35. The van der Waals surface area contributed by atoms with E-state index in [2.05, 4.69) is 10.6 Å². The Morgan fingerprint density at radius 2 is 1.86 bits per heavy atom. The fourth-order valence-corrected chi connectivity index (χ4v) is 4.35. The highest BCUT2D eigenvalue weighted by atomic mass is 19.4. The molecule has 186 valence electrons. The van der Waals surface area contributed by atoms with Gasteiger partial charge in [0, 0.05) is 30.9 Å². The maximum Gasteiger partial charge on any atom is 0.418 e. The van der Waals surface area contributed by atoms with Crippen LogP contribution in [0.5, 0.6) is 0 Å². The largest absolute Gasteiger partial charge is 0.418 e. The number of carbonyl (C=O) groups is 3. The Labute approximate surface area is 200 Å². The van der Waals surface area contributed by atoms with Crippen LogP contribution in [0.15, 0.2) is 36.4 Å². The molecular weight excluding hydrogens is 463 g/mol. The SMILES string of the molecule is Cc1cccc(N2CC(C(=O)Nc3ccc(NC(=O)C4CCCO4)cc3C(F)(F)F)CC2=O)c1C. The van der Waals surface area contributed by atoms with Gasteiger partial charge in [0.05, 0.1) is 17.2 Å². The minimum absolute atomic E-state index is 0.0482. The molecule has 2 N–H and O–H groups in total. The highest BCUT2D eigenvalue weighted by Gasteiger charge is 2.38. The molecule has 2 saturated heterocycles. The molecular formula is C25H26F3N3O4. The van der Waals surface area contributed by atoms with Crippen LogP contribution in [-0.2, 0) is 25.3 Å². The minimum Gasteiger partial charge on any atom is -0.368 e. The maximum absolute atomic E-state index is 13.8. The second-order valence-electron chi connectivity index (χ2n) is 8.86. The normalized spacial score (nSPS) is 20.3. The highest BCUT2D eigenvalue weighted by Crippen LogP contribution is 2.37. The van der Waals surface area contributed by atoms with Crippen molar-refractivity contribution >= 4 is 34.8 Å². The zero-order valence-electron chi connectivity index (χ0n) is 19.4. The summed E-state index contributed by atoms with van der Waals surface area (Å²) in [5, 5.41) is 4.78. The predicted molar refractivity (Wildman–Crippen MR) is 124 cm³/mol. The molecule has 3 amide bonds. The number of aryl methyl sites for hydroxylation is 1. The number of hydrogen-bond acceptors (Lipinski definition) is 4. The van der Waals surface area contributed by atoms with E-state index >= 15 is 0 Å². The summed E-state index contributed by atoms with van der Waals surface area (Å²) in [7, 11) is 0. The fraction of sp³-hybridized carbons (Fsp3) is 0.400. The van der Waals surface area contributed by atoms with Crippen LogP contribution in [0.1, 0.15) is 36.0 Å². The molecule has 0 aliphatic carbocycles. The van der Waals surface area contributed by atoms with Crippen molar-refractivity contribution in [1.82, 2.24) is 0 Å². The molecule has 2 aliphatic heterocycles. The lowest BCUT2D eigenvalue weighted by Crippen LogP contribution is -2.29. The van der Waals surface area contributed by atoms with E-state index in [-0.39, 0.29) is 24.6 Å². The van der Waals surface area contributed by atoms with Gasteiger partial charge in [0.25, 0.3) is 5.91 Å². The number of alkyl halides is 3. The molecule has 4 rings (SSSR count).